The van der Waals surface area contributed by atoms with Crippen LogP contribution in [0.25, 0.3) is 21.9 Å². The van der Waals surface area contributed by atoms with E-state index in [1.165, 1.54) is 28.4 Å². The molecule has 0 spiro atoms. The van der Waals surface area contributed by atoms with Gasteiger partial charge in [-0.25, -0.2) is 9.78 Å². The second kappa shape index (κ2) is 10.5. The van der Waals surface area contributed by atoms with Crippen molar-refractivity contribution in [3.8, 4) is 34.1 Å². The summed E-state index contributed by atoms with van der Waals surface area (Å²) < 4.78 is 27.4. The molecule has 0 radical (unpaired) electrons. The summed E-state index contributed by atoms with van der Waals surface area (Å²) in [5, 5.41) is 1.46. The molecular weight excluding hydrogens is 470 g/mol. The summed E-state index contributed by atoms with van der Waals surface area (Å²) in [7, 11) is 5.87. The van der Waals surface area contributed by atoms with Crippen LogP contribution in [-0.4, -0.2) is 39.4 Å². The van der Waals surface area contributed by atoms with E-state index < -0.39 is 5.97 Å². The van der Waals surface area contributed by atoms with E-state index in [1.807, 2.05) is 42.5 Å². The van der Waals surface area contributed by atoms with Gasteiger partial charge >= 0.3 is 5.97 Å². The number of hydrogen-bond donors (Lipinski definition) is 0. The molecule has 180 valence electrons. The Morgan fingerprint density at radius 2 is 1.54 bits per heavy atom. The summed E-state index contributed by atoms with van der Waals surface area (Å²) in [6.07, 6.45) is 0. The molecule has 0 amide bonds. The number of ether oxygens (including phenoxy) is 5. The number of methoxy groups -OCH3 is 4. The third kappa shape index (κ3) is 4.81. The van der Waals surface area contributed by atoms with Crippen LogP contribution in [0.2, 0.25) is 5.15 Å². The summed E-state index contributed by atoms with van der Waals surface area (Å²) in [5.74, 6) is 1.29. The number of aromatic nitrogens is 1. The second-order valence-corrected chi connectivity index (χ2v) is 7.87. The van der Waals surface area contributed by atoms with Gasteiger partial charge in [0.2, 0.25) is 5.75 Å². The molecule has 4 rings (SSSR count). The second-order valence-electron chi connectivity index (χ2n) is 7.51. The Bertz CT molecular complexity index is 1350. The van der Waals surface area contributed by atoms with Crippen molar-refractivity contribution < 1.29 is 28.5 Å². The predicted octanol–water partition coefficient (Wildman–Crippen LogP) is 5.95. The number of fused-ring (bicyclic) bond motifs is 1. The van der Waals surface area contributed by atoms with Crippen molar-refractivity contribution in [2.45, 2.75) is 6.61 Å². The van der Waals surface area contributed by atoms with Gasteiger partial charge in [-0.1, -0.05) is 41.9 Å². The topological polar surface area (TPSA) is 76.1 Å². The molecule has 0 saturated carbocycles. The first-order chi connectivity index (χ1) is 17.0. The fraction of sp³-hybridized carbons (Fsp3) is 0.185. The zero-order valence-corrected chi connectivity index (χ0v) is 20.5. The van der Waals surface area contributed by atoms with E-state index in [0.717, 1.165) is 5.56 Å². The van der Waals surface area contributed by atoms with E-state index in [2.05, 4.69) is 4.98 Å². The number of halogens is 1. The number of carbonyl (C=O) groups excluding carboxylic acids is 1. The van der Waals surface area contributed by atoms with E-state index in [9.17, 15) is 4.79 Å². The quantitative estimate of drug-likeness (QED) is 0.222. The molecule has 8 heteroatoms. The first kappa shape index (κ1) is 24.2. The number of carbonyl (C=O) groups is 1. The van der Waals surface area contributed by atoms with Gasteiger partial charge in [-0.2, -0.15) is 0 Å². The molecule has 35 heavy (non-hydrogen) atoms. The molecule has 0 aliphatic rings. The van der Waals surface area contributed by atoms with E-state index in [1.54, 1.807) is 18.2 Å². The molecule has 0 fully saturated rings. The zero-order valence-electron chi connectivity index (χ0n) is 19.8. The normalized spacial score (nSPS) is 10.7. The molecule has 7 nitrogen and oxygen atoms in total. The maximum absolute atomic E-state index is 12.7. The summed E-state index contributed by atoms with van der Waals surface area (Å²) in [5.41, 5.74) is 2.24. The molecule has 0 atom stereocenters. The van der Waals surface area contributed by atoms with Gasteiger partial charge in [0.1, 0.15) is 17.5 Å². The van der Waals surface area contributed by atoms with Gasteiger partial charge < -0.3 is 23.7 Å². The SMILES string of the molecule is COC(=O)c1nc(Cl)c2cc(OCc3ccccc3)ccc2c1-c1cc(OC)c(OC)c(OC)c1. The fourth-order valence-electron chi connectivity index (χ4n) is 3.85. The zero-order chi connectivity index (χ0) is 24.9. The lowest BCUT2D eigenvalue weighted by Crippen LogP contribution is -2.08. The number of nitrogens with zero attached hydrogens (tertiary/aromatic N) is 1. The molecule has 1 aromatic heterocycles. The fourth-order valence-corrected chi connectivity index (χ4v) is 4.09. The third-order valence-electron chi connectivity index (χ3n) is 5.51. The smallest absolute Gasteiger partial charge is 0.357 e. The van der Waals surface area contributed by atoms with E-state index in [0.29, 0.717) is 51.5 Å². The van der Waals surface area contributed by atoms with Gasteiger partial charge in [0, 0.05) is 10.9 Å². The molecular formula is C27H24ClNO6. The highest BCUT2D eigenvalue weighted by Crippen LogP contribution is 2.44. The minimum absolute atomic E-state index is 0.0669. The molecule has 0 aliphatic heterocycles. The van der Waals surface area contributed by atoms with Crippen molar-refractivity contribution in [3.63, 3.8) is 0 Å². The number of pyridine rings is 1. The molecule has 3 aromatic carbocycles. The van der Waals surface area contributed by atoms with E-state index >= 15 is 0 Å². The maximum Gasteiger partial charge on any atom is 0.357 e. The van der Waals surface area contributed by atoms with Crippen LogP contribution in [-0.2, 0) is 11.3 Å². The Balaban J connectivity index is 1.89. The molecule has 1 heterocycles. The lowest BCUT2D eigenvalue weighted by molar-refractivity contribution is 0.0595. The Labute approximate surface area is 208 Å². The van der Waals surface area contributed by atoms with Gasteiger partial charge in [-0.05, 0) is 46.8 Å². The van der Waals surface area contributed by atoms with Crippen molar-refractivity contribution in [2.24, 2.45) is 0 Å². The number of rotatable bonds is 8. The van der Waals surface area contributed by atoms with Crippen molar-refractivity contribution in [1.29, 1.82) is 0 Å². The van der Waals surface area contributed by atoms with Crippen LogP contribution in [0.15, 0.2) is 60.7 Å². The van der Waals surface area contributed by atoms with Gasteiger partial charge in [-0.15, -0.1) is 0 Å². The largest absolute Gasteiger partial charge is 0.493 e. The Hall–Kier alpha value is -3.97. The van der Waals surface area contributed by atoms with Crippen LogP contribution < -0.4 is 18.9 Å². The summed E-state index contributed by atoms with van der Waals surface area (Å²) in [6.45, 7) is 0.400. The third-order valence-corrected chi connectivity index (χ3v) is 5.80. The van der Waals surface area contributed by atoms with Crippen LogP contribution in [0.3, 0.4) is 0 Å². The van der Waals surface area contributed by atoms with Gasteiger partial charge in [-0.3, -0.25) is 0 Å². The Morgan fingerprint density at radius 1 is 0.857 bits per heavy atom. The average molecular weight is 494 g/mol. The highest BCUT2D eigenvalue weighted by atomic mass is 35.5. The molecule has 0 unspecified atom stereocenters. The Kier molecular flexibility index (Phi) is 7.27. The lowest BCUT2D eigenvalue weighted by Gasteiger charge is -2.17. The van der Waals surface area contributed by atoms with Gasteiger partial charge in [0.05, 0.1) is 28.4 Å². The van der Waals surface area contributed by atoms with Crippen LogP contribution in [0.1, 0.15) is 16.1 Å². The van der Waals surface area contributed by atoms with Crippen molar-refractivity contribution in [2.75, 3.05) is 28.4 Å². The number of hydrogen-bond acceptors (Lipinski definition) is 7. The lowest BCUT2D eigenvalue weighted by atomic mass is 9.96. The Morgan fingerprint density at radius 3 is 2.14 bits per heavy atom. The highest BCUT2D eigenvalue weighted by molar-refractivity contribution is 6.35. The number of esters is 1. The van der Waals surface area contributed by atoms with Crippen LogP contribution in [0, 0.1) is 0 Å². The average Bonchev–Trinajstić information content (AvgIpc) is 2.91. The molecule has 0 aliphatic carbocycles. The van der Waals surface area contributed by atoms with Crippen LogP contribution in [0.4, 0.5) is 0 Å². The molecule has 4 aromatic rings. The van der Waals surface area contributed by atoms with Crippen LogP contribution in [0.5, 0.6) is 23.0 Å². The van der Waals surface area contributed by atoms with E-state index in [4.69, 9.17) is 35.3 Å². The van der Waals surface area contributed by atoms with Crippen molar-refractivity contribution >= 4 is 28.3 Å². The predicted molar refractivity (Wildman–Crippen MR) is 134 cm³/mol. The maximum atomic E-state index is 12.7. The van der Waals surface area contributed by atoms with Gasteiger partial charge in [0.15, 0.2) is 17.2 Å². The number of benzene rings is 3. The van der Waals surface area contributed by atoms with Gasteiger partial charge in [0.25, 0.3) is 0 Å². The first-order valence-electron chi connectivity index (χ1n) is 10.7. The molecule has 0 saturated heterocycles. The van der Waals surface area contributed by atoms with Crippen LogP contribution >= 0.6 is 11.6 Å². The van der Waals surface area contributed by atoms with Crippen molar-refractivity contribution in [1.82, 2.24) is 4.98 Å². The van der Waals surface area contributed by atoms with Crippen molar-refractivity contribution in [3.05, 3.63) is 77.1 Å². The summed E-state index contributed by atoms with van der Waals surface area (Å²) in [6, 6.07) is 18.8. The minimum atomic E-state index is -0.623. The monoisotopic (exact) mass is 493 g/mol. The summed E-state index contributed by atoms with van der Waals surface area (Å²) in [4.78, 5) is 17.1. The summed E-state index contributed by atoms with van der Waals surface area (Å²) >= 11 is 6.53. The highest BCUT2D eigenvalue weighted by Gasteiger charge is 2.24. The minimum Gasteiger partial charge on any atom is -0.493 e. The molecule has 0 bridgehead atoms. The molecule has 0 N–H and O–H groups in total. The van der Waals surface area contributed by atoms with E-state index in [-0.39, 0.29) is 10.8 Å². The standard InChI is InChI=1S/C27H24ClNO6/c1-31-21-12-17(13-22(32-2)25(21)33-3)23-19-11-10-18(35-15-16-8-6-5-7-9-16)14-20(19)26(28)29-24(23)27(30)34-4/h5-14H,15H2,1-4H3. The first-order valence-corrected chi connectivity index (χ1v) is 11.1.